The topological polar surface area (TPSA) is 76.0 Å². The van der Waals surface area contributed by atoms with Crippen molar-refractivity contribution in [3.05, 3.63) is 53.1 Å². The summed E-state index contributed by atoms with van der Waals surface area (Å²) in [6, 6.07) is 11.3. The van der Waals surface area contributed by atoms with Crippen molar-refractivity contribution in [2.24, 2.45) is 5.92 Å². The van der Waals surface area contributed by atoms with Crippen LogP contribution in [0.5, 0.6) is 17.2 Å². The van der Waals surface area contributed by atoms with Crippen LogP contribution in [0, 0.1) is 5.92 Å². The molecule has 1 unspecified atom stereocenters. The number of methoxy groups -OCH3 is 2. The summed E-state index contributed by atoms with van der Waals surface area (Å²) in [5.74, 6) is -0.0679. The Balaban J connectivity index is 2.21. The lowest BCUT2D eigenvalue weighted by atomic mass is 9.96. The first-order valence-corrected chi connectivity index (χ1v) is 8.19. The molecular formula is C20H24O5. The molecule has 2 aromatic carbocycles. The van der Waals surface area contributed by atoms with Gasteiger partial charge in [0, 0.05) is 0 Å². The van der Waals surface area contributed by atoms with Gasteiger partial charge in [0.05, 0.1) is 20.1 Å². The Morgan fingerprint density at radius 1 is 1.08 bits per heavy atom. The molecule has 0 saturated heterocycles. The average Bonchev–Trinajstić information content (AvgIpc) is 2.61. The molecule has 0 aliphatic heterocycles. The maximum Gasteiger partial charge on any atom is 0.306 e. The Morgan fingerprint density at radius 2 is 1.84 bits per heavy atom. The van der Waals surface area contributed by atoms with Gasteiger partial charge in [-0.3, -0.25) is 4.79 Å². The number of carboxylic acid groups (broad SMARTS) is 1. The van der Waals surface area contributed by atoms with E-state index in [9.17, 15) is 9.90 Å². The first-order chi connectivity index (χ1) is 11.9. The predicted molar refractivity (Wildman–Crippen MR) is 95.6 cm³/mol. The molecule has 0 amide bonds. The van der Waals surface area contributed by atoms with Crippen LogP contribution < -0.4 is 9.47 Å². The number of phenolic OH excluding ortho intramolecular Hbond substituents is 1. The molecule has 0 spiro atoms. The number of phenols is 1. The summed E-state index contributed by atoms with van der Waals surface area (Å²) in [5, 5.41) is 19.5. The Labute approximate surface area is 147 Å². The summed E-state index contributed by atoms with van der Waals surface area (Å²) < 4.78 is 10.5. The van der Waals surface area contributed by atoms with Gasteiger partial charge < -0.3 is 19.7 Å². The molecule has 2 N–H and O–H groups in total. The van der Waals surface area contributed by atoms with E-state index in [1.807, 2.05) is 30.3 Å². The highest BCUT2D eigenvalue weighted by Gasteiger charge is 2.16. The van der Waals surface area contributed by atoms with Crippen molar-refractivity contribution >= 4 is 5.97 Å². The van der Waals surface area contributed by atoms with Crippen LogP contribution in [0.1, 0.15) is 23.6 Å². The van der Waals surface area contributed by atoms with Crippen molar-refractivity contribution in [1.82, 2.24) is 0 Å². The zero-order chi connectivity index (χ0) is 18.4. The van der Waals surface area contributed by atoms with Crippen molar-refractivity contribution in [2.45, 2.75) is 26.2 Å². The molecule has 5 heteroatoms. The van der Waals surface area contributed by atoms with E-state index in [4.69, 9.17) is 14.6 Å². The first-order valence-electron chi connectivity index (χ1n) is 8.19. The monoisotopic (exact) mass is 344 g/mol. The standard InChI is InChI=1S/C20H24O5/c1-13(20(22)23)9-15-10-16(19(21)18(12-15)25-3)8-7-14-5-4-6-17(11-14)24-2/h4-6,10-13,21H,7-9H2,1-3H3,(H,22,23). The van der Waals surface area contributed by atoms with Crippen molar-refractivity contribution < 1.29 is 24.5 Å². The minimum atomic E-state index is -0.843. The Hall–Kier alpha value is -2.69. The number of hydrogen-bond acceptors (Lipinski definition) is 4. The van der Waals surface area contributed by atoms with Crippen molar-refractivity contribution in [1.29, 1.82) is 0 Å². The third-order valence-electron chi connectivity index (χ3n) is 4.21. The Kier molecular flexibility index (Phi) is 6.28. The van der Waals surface area contributed by atoms with E-state index in [-0.39, 0.29) is 5.75 Å². The number of rotatable bonds is 8. The van der Waals surface area contributed by atoms with Gasteiger partial charge >= 0.3 is 5.97 Å². The normalized spacial score (nSPS) is 11.8. The number of hydrogen-bond donors (Lipinski definition) is 2. The van der Waals surface area contributed by atoms with Crippen LogP contribution in [0.2, 0.25) is 0 Å². The Morgan fingerprint density at radius 3 is 2.48 bits per heavy atom. The molecule has 0 aromatic heterocycles. The van der Waals surface area contributed by atoms with E-state index in [0.29, 0.717) is 18.6 Å². The van der Waals surface area contributed by atoms with E-state index in [1.54, 1.807) is 20.1 Å². The second-order valence-corrected chi connectivity index (χ2v) is 6.10. The molecule has 0 aliphatic carbocycles. The molecule has 2 aromatic rings. The maximum absolute atomic E-state index is 11.1. The fraction of sp³-hybridized carbons (Fsp3) is 0.350. The Bertz CT molecular complexity index is 739. The predicted octanol–water partition coefficient (Wildman–Crippen LogP) is 3.46. The largest absolute Gasteiger partial charge is 0.504 e. The van der Waals surface area contributed by atoms with Gasteiger partial charge in [-0.15, -0.1) is 0 Å². The van der Waals surface area contributed by atoms with E-state index in [1.165, 1.54) is 7.11 Å². The molecular weight excluding hydrogens is 320 g/mol. The lowest BCUT2D eigenvalue weighted by molar-refractivity contribution is -0.141. The molecule has 134 valence electrons. The van der Waals surface area contributed by atoms with Crippen molar-refractivity contribution in [3.8, 4) is 17.2 Å². The zero-order valence-electron chi connectivity index (χ0n) is 14.8. The fourth-order valence-corrected chi connectivity index (χ4v) is 2.74. The van der Waals surface area contributed by atoms with Crippen LogP contribution in [0.25, 0.3) is 0 Å². The van der Waals surface area contributed by atoms with Crippen LogP contribution in [0.4, 0.5) is 0 Å². The van der Waals surface area contributed by atoms with Crippen molar-refractivity contribution in [3.63, 3.8) is 0 Å². The quantitative estimate of drug-likeness (QED) is 0.767. The molecule has 5 nitrogen and oxygen atoms in total. The minimum absolute atomic E-state index is 0.108. The van der Waals surface area contributed by atoms with E-state index in [0.717, 1.165) is 28.9 Å². The molecule has 0 bridgehead atoms. The van der Waals surface area contributed by atoms with Crippen molar-refractivity contribution in [2.75, 3.05) is 14.2 Å². The second kappa shape index (κ2) is 8.42. The van der Waals surface area contributed by atoms with Crippen LogP contribution in [-0.2, 0) is 24.1 Å². The lowest BCUT2D eigenvalue weighted by Crippen LogP contribution is -2.12. The van der Waals surface area contributed by atoms with Gasteiger partial charge in [0.1, 0.15) is 5.75 Å². The van der Waals surface area contributed by atoms with E-state index < -0.39 is 11.9 Å². The molecule has 25 heavy (non-hydrogen) atoms. The number of aryl methyl sites for hydroxylation is 2. The molecule has 0 heterocycles. The number of aliphatic carboxylic acids is 1. The number of benzene rings is 2. The number of ether oxygens (including phenoxy) is 2. The van der Waals surface area contributed by atoms with Gasteiger partial charge in [0.2, 0.25) is 0 Å². The molecule has 0 saturated carbocycles. The third kappa shape index (κ3) is 4.89. The highest BCUT2D eigenvalue weighted by Crippen LogP contribution is 2.33. The van der Waals surface area contributed by atoms with E-state index >= 15 is 0 Å². The smallest absolute Gasteiger partial charge is 0.306 e. The number of aromatic hydroxyl groups is 1. The molecule has 1 atom stereocenters. The van der Waals surface area contributed by atoms with Crippen LogP contribution in [0.15, 0.2) is 36.4 Å². The van der Waals surface area contributed by atoms with Crippen LogP contribution >= 0.6 is 0 Å². The molecule has 0 aliphatic rings. The lowest BCUT2D eigenvalue weighted by Gasteiger charge is -2.14. The van der Waals surface area contributed by atoms with Gasteiger partial charge in [0.15, 0.2) is 11.5 Å². The van der Waals surface area contributed by atoms with Gasteiger partial charge in [-0.25, -0.2) is 0 Å². The first kappa shape index (κ1) is 18.6. The highest BCUT2D eigenvalue weighted by atomic mass is 16.5. The fourth-order valence-electron chi connectivity index (χ4n) is 2.74. The summed E-state index contributed by atoms with van der Waals surface area (Å²) >= 11 is 0. The maximum atomic E-state index is 11.1. The number of carboxylic acids is 1. The average molecular weight is 344 g/mol. The molecule has 0 fully saturated rings. The summed E-state index contributed by atoms with van der Waals surface area (Å²) in [6.07, 6.45) is 1.73. The molecule has 0 radical (unpaired) electrons. The molecule has 2 rings (SSSR count). The van der Waals surface area contributed by atoms with Gasteiger partial charge in [-0.2, -0.15) is 0 Å². The van der Waals surface area contributed by atoms with Gasteiger partial charge in [-0.1, -0.05) is 25.1 Å². The summed E-state index contributed by atoms with van der Waals surface area (Å²) in [6.45, 7) is 1.66. The van der Waals surface area contributed by atoms with E-state index in [2.05, 4.69) is 0 Å². The number of carbonyl (C=O) groups is 1. The summed E-state index contributed by atoms with van der Waals surface area (Å²) in [7, 11) is 3.12. The summed E-state index contributed by atoms with van der Waals surface area (Å²) in [4.78, 5) is 11.1. The van der Waals surface area contributed by atoms with Crippen LogP contribution in [0.3, 0.4) is 0 Å². The zero-order valence-corrected chi connectivity index (χ0v) is 14.8. The van der Waals surface area contributed by atoms with Crippen LogP contribution in [-0.4, -0.2) is 30.4 Å². The third-order valence-corrected chi connectivity index (χ3v) is 4.21. The SMILES string of the molecule is COc1cccc(CCc2cc(CC(C)C(=O)O)cc(OC)c2O)c1. The van der Waals surface area contributed by atoms with Gasteiger partial charge in [0.25, 0.3) is 0 Å². The van der Waals surface area contributed by atoms with Gasteiger partial charge in [-0.05, 0) is 54.2 Å². The highest BCUT2D eigenvalue weighted by molar-refractivity contribution is 5.70. The summed E-state index contributed by atoms with van der Waals surface area (Å²) in [5.41, 5.74) is 2.68. The second-order valence-electron chi connectivity index (χ2n) is 6.10. The minimum Gasteiger partial charge on any atom is -0.504 e.